The van der Waals surface area contributed by atoms with Gasteiger partial charge in [0.1, 0.15) is 11.6 Å². The zero-order valence-corrected chi connectivity index (χ0v) is 17.3. The molecular formula is C23H25ClFN3O. The van der Waals surface area contributed by atoms with E-state index in [2.05, 4.69) is 11.9 Å². The van der Waals surface area contributed by atoms with Gasteiger partial charge < -0.3 is 9.88 Å². The van der Waals surface area contributed by atoms with Gasteiger partial charge in [0.05, 0.1) is 17.6 Å². The summed E-state index contributed by atoms with van der Waals surface area (Å²) in [7, 11) is 0. The number of halogens is 2. The molecular weight excluding hydrogens is 389 g/mol. The van der Waals surface area contributed by atoms with E-state index in [1.54, 1.807) is 19.1 Å². The summed E-state index contributed by atoms with van der Waals surface area (Å²) in [5.41, 5.74) is 2.85. The van der Waals surface area contributed by atoms with Crippen LogP contribution in [0.3, 0.4) is 0 Å². The standard InChI is InChI=1S/C23H25ClFN3O/c1-16(2)23(29)26-14-7-3-4-13-22-27-20-11-5-6-12-21(20)28(22)15-17-18(24)9-8-10-19(17)25/h5-6,8-12H,1,3-4,7,13-15H2,2H3,(H,26,29). The van der Waals surface area contributed by atoms with Gasteiger partial charge in [-0.15, -0.1) is 0 Å². The van der Waals surface area contributed by atoms with E-state index in [0.717, 1.165) is 42.5 Å². The van der Waals surface area contributed by atoms with Crippen molar-refractivity contribution in [3.05, 3.63) is 76.8 Å². The zero-order chi connectivity index (χ0) is 20.8. The number of nitrogens with one attached hydrogen (secondary N) is 1. The normalized spacial score (nSPS) is 11.0. The van der Waals surface area contributed by atoms with Crippen molar-refractivity contribution in [2.24, 2.45) is 0 Å². The van der Waals surface area contributed by atoms with Crippen LogP contribution in [0.15, 0.2) is 54.6 Å². The van der Waals surface area contributed by atoms with E-state index in [-0.39, 0.29) is 11.7 Å². The van der Waals surface area contributed by atoms with Crippen LogP contribution in [0.25, 0.3) is 11.0 Å². The minimum Gasteiger partial charge on any atom is -0.352 e. The molecule has 0 atom stereocenters. The second-order valence-corrected chi connectivity index (χ2v) is 7.56. The maximum Gasteiger partial charge on any atom is 0.246 e. The molecule has 0 spiro atoms. The van der Waals surface area contributed by atoms with Crippen molar-refractivity contribution in [2.45, 2.75) is 39.2 Å². The monoisotopic (exact) mass is 413 g/mol. The Labute approximate surface area is 175 Å². The number of amides is 1. The van der Waals surface area contributed by atoms with E-state index in [9.17, 15) is 9.18 Å². The number of carbonyl (C=O) groups is 1. The van der Waals surface area contributed by atoms with Crippen molar-refractivity contribution in [2.75, 3.05) is 6.54 Å². The number of fused-ring (bicyclic) bond motifs is 1. The Morgan fingerprint density at radius 2 is 1.97 bits per heavy atom. The van der Waals surface area contributed by atoms with Crippen LogP contribution in [0.1, 0.15) is 37.6 Å². The number of hydrogen-bond donors (Lipinski definition) is 1. The predicted molar refractivity (Wildman–Crippen MR) is 116 cm³/mol. The molecule has 3 rings (SSSR count). The first kappa shape index (κ1) is 21.1. The van der Waals surface area contributed by atoms with Gasteiger partial charge in [0.2, 0.25) is 5.91 Å². The Bertz CT molecular complexity index is 1010. The van der Waals surface area contributed by atoms with Gasteiger partial charge in [0.15, 0.2) is 0 Å². The third kappa shape index (κ3) is 5.24. The molecule has 0 unspecified atom stereocenters. The summed E-state index contributed by atoms with van der Waals surface area (Å²) in [4.78, 5) is 16.3. The third-order valence-electron chi connectivity index (χ3n) is 4.86. The second kappa shape index (κ2) is 9.70. The van der Waals surface area contributed by atoms with Gasteiger partial charge in [-0.05, 0) is 44.0 Å². The van der Waals surface area contributed by atoms with Crippen molar-refractivity contribution in [1.29, 1.82) is 0 Å². The van der Waals surface area contributed by atoms with Crippen molar-refractivity contribution in [1.82, 2.24) is 14.9 Å². The number of hydrogen-bond acceptors (Lipinski definition) is 2. The number of nitrogens with zero attached hydrogens (tertiary/aromatic N) is 2. The second-order valence-electron chi connectivity index (χ2n) is 7.15. The quantitative estimate of drug-likeness (QED) is 0.383. The van der Waals surface area contributed by atoms with E-state index < -0.39 is 0 Å². The van der Waals surface area contributed by atoms with Gasteiger partial charge in [0.25, 0.3) is 0 Å². The largest absolute Gasteiger partial charge is 0.352 e. The number of unbranched alkanes of at least 4 members (excludes halogenated alkanes) is 2. The van der Waals surface area contributed by atoms with Crippen molar-refractivity contribution in [3.8, 4) is 0 Å². The lowest BCUT2D eigenvalue weighted by Crippen LogP contribution is -2.24. The molecule has 6 heteroatoms. The Balaban J connectivity index is 1.69. The molecule has 152 valence electrons. The molecule has 0 aliphatic carbocycles. The molecule has 1 aromatic heterocycles. The molecule has 3 aromatic rings. The third-order valence-corrected chi connectivity index (χ3v) is 5.22. The van der Waals surface area contributed by atoms with Crippen LogP contribution in [0.5, 0.6) is 0 Å². The van der Waals surface area contributed by atoms with Crippen LogP contribution in [-0.2, 0) is 17.8 Å². The molecule has 0 bridgehead atoms. The number of imidazole rings is 1. The predicted octanol–water partition coefficient (Wildman–Crippen LogP) is 5.28. The molecule has 0 aliphatic heterocycles. The summed E-state index contributed by atoms with van der Waals surface area (Å²) in [5, 5.41) is 3.26. The molecule has 4 nitrogen and oxygen atoms in total. The van der Waals surface area contributed by atoms with Crippen LogP contribution in [0.4, 0.5) is 4.39 Å². The van der Waals surface area contributed by atoms with E-state index in [1.165, 1.54) is 6.07 Å². The number of aryl methyl sites for hydroxylation is 1. The summed E-state index contributed by atoms with van der Waals surface area (Å²) in [6.07, 6.45) is 3.55. The summed E-state index contributed by atoms with van der Waals surface area (Å²) in [6.45, 7) is 6.30. The maximum atomic E-state index is 14.3. The SMILES string of the molecule is C=C(C)C(=O)NCCCCCc1nc2ccccc2n1Cc1c(F)cccc1Cl. The molecule has 1 N–H and O–H groups in total. The first-order valence-electron chi connectivity index (χ1n) is 9.78. The topological polar surface area (TPSA) is 46.9 Å². The smallest absolute Gasteiger partial charge is 0.246 e. The molecule has 0 fully saturated rings. The summed E-state index contributed by atoms with van der Waals surface area (Å²) >= 11 is 6.24. The number of para-hydroxylation sites is 2. The lowest BCUT2D eigenvalue weighted by atomic mass is 10.1. The van der Waals surface area contributed by atoms with Gasteiger partial charge in [-0.25, -0.2) is 9.37 Å². The Morgan fingerprint density at radius 3 is 2.72 bits per heavy atom. The van der Waals surface area contributed by atoms with E-state index >= 15 is 0 Å². The molecule has 2 aromatic carbocycles. The summed E-state index contributed by atoms with van der Waals surface area (Å²) < 4.78 is 16.4. The molecule has 0 aliphatic rings. The van der Waals surface area contributed by atoms with Crippen LogP contribution < -0.4 is 5.32 Å². The lowest BCUT2D eigenvalue weighted by Gasteiger charge is -2.12. The van der Waals surface area contributed by atoms with Crippen molar-refractivity contribution >= 4 is 28.5 Å². The van der Waals surface area contributed by atoms with Crippen molar-refractivity contribution in [3.63, 3.8) is 0 Å². The summed E-state index contributed by atoms with van der Waals surface area (Å²) in [6, 6.07) is 12.6. The number of benzene rings is 2. The Hall–Kier alpha value is -2.66. The minimum absolute atomic E-state index is 0.103. The molecule has 1 amide bonds. The van der Waals surface area contributed by atoms with Gasteiger partial charge in [-0.2, -0.15) is 0 Å². The number of aromatic nitrogens is 2. The van der Waals surface area contributed by atoms with E-state index in [4.69, 9.17) is 16.6 Å². The highest BCUT2D eigenvalue weighted by Crippen LogP contribution is 2.24. The molecule has 0 saturated heterocycles. The fraction of sp³-hybridized carbons (Fsp3) is 0.304. The van der Waals surface area contributed by atoms with Crippen LogP contribution in [0.2, 0.25) is 5.02 Å². The Kier molecular flexibility index (Phi) is 7.04. The highest BCUT2D eigenvalue weighted by molar-refractivity contribution is 6.31. The van der Waals surface area contributed by atoms with E-state index in [0.29, 0.717) is 29.2 Å². The highest BCUT2D eigenvalue weighted by atomic mass is 35.5. The molecule has 0 radical (unpaired) electrons. The molecule has 1 heterocycles. The zero-order valence-electron chi connectivity index (χ0n) is 16.5. The fourth-order valence-electron chi connectivity index (χ4n) is 3.27. The van der Waals surface area contributed by atoms with Gasteiger partial charge in [0, 0.05) is 29.1 Å². The summed E-state index contributed by atoms with van der Waals surface area (Å²) in [5.74, 6) is 0.500. The number of rotatable bonds is 9. The Morgan fingerprint density at radius 1 is 1.17 bits per heavy atom. The van der Waals surface area contributed by atoms with Crippen LogP contribution in [-0.4, -0.2) is 22.0 Å². The fourth-order valence-corrected chi connectivity index (χ4v) is 3.49. The van der Waals surface area contributed by atoms with Crippen LogP contribution >= 0.6 is 11.6 Å². The van der Waals surface area contributed by atoms with Gasteiger partial charge >= 0.3 is 0 Å². The molecule has 0 saturated carbocycles. The van der Waals surface area contributed by atoms with Gasteiger partial charge in [-0.3, -0.25) is 4.79 Å². The maximum absolute atomic E-state index is 14.3. The van der Waals surface area contributed by atoms with Crippen molar-refractivity contribution < 1.29 is 9.18 Å². The first-order valence-corrected chi connectivity index (χ1v) is 10.2. The van der Waals surface area contributed by atoms with Gasteiger partial charge in [-0.1, -0.05) is 42.8 Å². The van der Waals surface area contributed by atoms with Crippen LogP contribution in [0, 0.1) is 5.82 Å². The first-order chi connectivity index (χ1) is 14.0. The number of carbonyl (C=O) groups excluding carboxylic acids is 1. The van der Waals surface area contributed by atoms with E-state index in [1.807, 2.05) is 28.8 Å². The average molecular weight is 414 g/mol. The highest BCUT2D eigenvalue weighted by Gasteiger charge is 2.14. The minimum atomic E-state index is -0.311. The molecule has 29 heavy (non-hydrogen) atoms. The lowest BCUT2D eigenvalue weighted by molar-refractivity contribution is -0.117. The average Bonchev–Trinajstić information content (AvgIpc) is 3.04.